The van der Waals surface area contributed by atoms with Crippen LogP contribution in [0.2, 0.25) is 0 Å². The van der Waals surface area contributed by atoms with Crippen LogP contribution in [0.25, 0.3) is 0 Å². The first-order valence-electron chi connectivity index (χ1n) is 4.87. The Morgan fingerprint density at radius 1 is 1.06 bits per heavy atom. The lowest BCUT2D eigenvalue weighted by molar-refractivity contribution is -0.142. The van der Waals surface area contributed by atoms with Crippen LogP contribution in [0.1, 0.15) is 19.8 Å². The third-order valence-electron chi connectivity index (χ3n) is 1.32. The Labute approximate surface area is 95.5 Å². The lowest BCUT2D eigenvalue weighted by Crippen LogP contribution is -2.02. The third kappa shape index (κ3) is 23.0. The largest absolute Gasteiger partial charge is 0.480 e. The van der Waals surface area contributed by atoms with Crippen LogP contribution in [0.15, 0.2) is 0 Å². The minimum atomic E-state index is -0.933. The van der Waals surface area contributed by atoms with Crippen LogP contribution in [0, 0.1) is 0 Å². The number of ether oxygens (including phenoxy) is 3. The number of carbonyl (C=O) groups is 2. The van der Waals surface area contributed by atoms with E-state index < -0.39 is 5.97 Å². The second-order valence-electron chi connectivity index (χ2n) is 2.87. The van der Waals surface area contributed by atoms with Crippen molar-refractivity contribution in [3.63, 3.8) is 0 Å². The summed E-state index contributed by atoms with van der Waals surface area (Å²) in [5.41, 5.74) is 0. The van der Waals surface area contributed by atoms with Crippen LogP contribution in [0.4, 0.5) is 0 Å². The molecule has 0 atom stereocenters. The maximum Gasteiger partial charge on any atom is 0.329 e. The molecule has 0 saturated carbocycles. The zero-order valence-electron chi connectivity index (χ0n) is 10.0. The number of carboxylic acid groups (broad SMARTS) is 1. The van der Waals surface area contributed by atoms with Gasteiger partial charge in [-0.1, -0.05) is 0 Å². The molecule has 0 aliphatic carbocycles. The van der Waals surface area contributed by atoms with Crippen molar-refractivity contribution < 1.29 is 28.9 Å². The van der Waals surface area contributed by atoms with Crippen LogP contribution in [0.3, 0.4) is 0 Å². The Kier molecular flexibility index (Phi) is 15.0. The number of methoxy groups -OCH3 is 2. The van der Waals surface area contributed by atoms with E-state index in [0.717, 1.165) is 19.4 Å². The first kappa shape index (κ1) is 17.3. The molecule has 0 radical (unpaired) electrons. The zero-order valence-corrected chi connectivity index (χ0v) is 10.0. The molecule has 0 rings (SSSR count). The zero-order chi connectivity index (χ0) is 12.8. The molecule has 0 heterocycles. The molecule has 1 N–H and O–H groups in total. The van der Waals surface area contributed by atoms with Gasteiger partial charge in [0.15, 0.2) is 0 Å². The van der Waals surface area contributed by atoms with Crippen molar-refractivity contribution in [2.45, 2.75) is 19.8 Å². The van der Waals surface area contributed by atoms with E-state index in [2.05, 4.69) is 4.74 Å². The first-order valence-corrected chi connectivity index (χ1v) is 4.87. The number of hydrogen-bond donors (Lipinski definition) is 1. The number of esters is 1. The smallest absolute Gasteiger partial charge is 0.329 e. The van der Waals surface area contributed by atoms with Gasteiger partial charge in [-0.25, -0.2) is 4.79 Å². The second-order valence-corrected chi connectivity index (χ2v) is 2.87. The molecule has 0 amide bonds. The number of hydrogen-bond acceptors (Lipinski definition) is 5. The predicted octanol–water partition coefficient (Wildman–Crippen LogP) is 0.694. The maximum absolute atomic E-state index is 10.2. The third-order valence-corrected chi connectivity index (χ3v) is 1.32. The molecule has 0 aliphatic heterocycles. The summed E-state index contributed by atoms with van der Waals surface area (Å²) in [6, 6.07) is 0. The highest BCUT2D eigenvalue weighted by Gasteiger charge is 1.91. The molecular formula is C10H20O6. The summed E-state index contributed by atoms with van der Waals surface area (Å²) in [5.74, 6) is -1.14. The van der Waals surface area contributed by atoms with Crippen molar-refractivity contribution in [1.82, 2.24) is 0 Å². The molecule has 6 nitrogen and oxygen atoms in total. The number of carboxylic acids is 1. The van der Waals surface area contributed by atoms with Gasteiger partial charge in [0.05, 0.1) is 6.61 Å². The van der Waals surface area contributed by atoms with Gasteiger partial charge in [0, 0.05) is 27.8 Å². The van der Waals surface area contributed by atoms with Gasteiger partial charge in [0.1, 0.15) is 6.61 Å². The Morgan fingerprint density at radius 2 is 1.62 bits per heavy atom. The van der Waals surface area contributed by atoms with Gasteiger partial charge in [0.2, 0.25) is 0 Å². The number of carbonyl (C=O) groups excluding carboxylic acids is 1. The van der Waals surface area contributed by atoms with Crippen molar-refractivity contribution in [3.8, 4) is 0 Å². The fraction of sp³-hybridized carbons (Fsp3) is 0.800. The van der Waals surface area contributed by atoms with Gasteiger partial charge in [-0.15, -0.1) is 0 Å². The lowest BCUT2D eigenvalue weighted by Gasteiger charge is -1.99. The van der Waals surface area contributed by atoms with Crippen molar-refractivity contribution in [2.75, 3.05) is 34.0 Å². The summed E-state index contributed by atoms with van der Waals surface area (Å²) in [4.78, 5) is 19.7. The minimum absolute atomic E-state index is 0.208. The van der Waals surface area contributed by atoms with Crippen molar-refractivity contribution in [1.29, 1.82) is 0 Å². The fourth-order valence-corrected chi connectivity index (χ4v) is 0.688. The Balaban J connectivity index is 0. The highest BCUT2D eigenvalue weighted by molar-refractivity contribution is 5.67. The Hall–Kier alpha value is -1.14. The molecular weight excluding hydrogens is 216 g/mol. The van der Waals surface area contributed by atoms with Gasteiger partial charge in [0.25, 0.3) is 0 Å². The molecule has 6 heteroatoms. The summed E-state index contributed by atoms with van der Waals surface area (Å²) < 4.78 is 13.7. The Morgan fingerprint density at radius 3 is 1.94 bits per heavy atom. The topological polar surface area (TPSA) is 82.1 Å². The average molecular weight is 236 g/mol. The number of aliphatic carboxylic acids is 1. The van der Waals surface area contributed by atoms with Gasteiger partial charge in [-0.3, -0.25) is 4.79 Å². The fourth-order valence-electron chi connectivity index (χ4n) is 0.688. The van der Waals surface area contributed by atoms with Crippen LogP contribution in [-0.4, -0.2) is 51.1 Å². The molecule has 0 aliphatic rings. The molecule has 0 fully saturated rings. The predicted molar refractivity (Wildman–Crippen MR) is 57.3 cm³/mol. The molecule has 96 valence electrons. The highest BCUT2D eigenvalue weighted by Crippen LogP contribution is 1.90. The normalized spacial score (nSPS) is 8.94. The molecule has 0 aromatic heterocycles. The van der Waals surface area contributed by atoms with Gasteiger partial charge in [-0.05, 0) is 12.8 Å². The minimum Gasteiger partial charge on any atom is -0.480 e. The standard InChI is InChI=1S/C7H14O3.C3H6O3/c1-7(8)10-6-4-3-5-9-2;1-6-2-3(4)5/h3-6H2,1-2H3;2H2,1H3,(H,4,5). The molecule has 0 unspecified atom stereocenters. The van der Waals surface area contributed by atoms with E-state index in [4.69, 9.17) is 14.6 Å². The van der Waals surface area contributed by atoms with Gasteiger partial charge >= 0.3 is 11.9 Å². The monoisotopic (exact) mass is 236 g/mol. The van der Waals surface area contributed by atoms with Gasteiger partial charge in [-0.2, -0.15) is 0 Å². The quantitative estimate of drug-likeness (QED) is 0.517. The molecule has 0 aromatic carbocycles. The summed E-state index contributed by atoms with van der Waals surface area (Å²) >= 11 is 0. The van der Waals surface area contributed by atoms with Crippen LogP contribution < -0.4 is 0 Å². The van der Waals surface area contributed by atoms with Crippen molar-refractivity contribution in [3.05, 3.63) is 0 Å². The summed E-state index contributed by atoms with van der Waals surface area (Å²) in [5, 5.41) is 7.79. The van der Waals surface area contributed by atoms with Crippen molar-refractivity contribution >= 4 is 11.9 Å². The van der Waals surface area contributed by atoms with E-state index >= 15 is 0 Å². The number of rotatable bonds is 7. The highest BCUT2D eigenvalue weighted by atomic mass is 16.5. The summed E-state index contributed by atoms with van der Waals surface area (Å²) in [6.45, 7) is 2.45. The van der Waals surface area contributed by atoms with E-state index in [1.807, 2.05) is 0 Å². The molecule has 0 saturated heterocycles. The van der Waals surface area contributed by atoms with E-state index in [0.29, 0.717) is 6.61 Å². The van der Waals surface area contributed by atoms with Crippen LogP contribution >= 0.6 is 0 Å². The summed E-state index contributed by atoms with van der Waals surface area (Å²) in [6.07, 6.45) is 1.83. The first-order chi connectivity index (χ1) is 7.54. The maximum atomic E-state index is 10.2. The molecule has 0 spiro atoms. The lowest BCUT2D eigenvalue weighted by atomic mass is 10.3. The Bertz CT molecular complexity index is 180. The number of unbranched alkanes of at least 4 members (excludes halogenated alkanes) is 1. The molecule has 0 aromatic rings. The summed E-state index contributed by atoms with van der Waals surface area (Å²) in [7, 11) is 3.00. The van der Waals surface area contributed by atoms with E-state index in [-0.39, 0.29) is 12.6 Å². The van der Waals surface area contributed by atoms with Crippen LogP contribution in [0.5, 0.6) is 0 Å². The second kappa shape index (κ2) is 13.9. The van der Waals surface area contributed by atoms with Gasteiger partial charge < -0.3 is 19.3 Å². The SMILES string of the molecule is COCC(=O)O.COCCCCOC(C)=O. The van der Waals surface area contributed by atoms with E-state index in [9.17, 15) is 9.59 Å². The van der Waals surface area contributed by atoms with Crippen molar-refractivity contribution in [2.24, 2.45) is 0 Å². The van der Waals surface area contributed by atoms with E-state index in [1.165, 1.54) is 14.0 Å². The van der Waals surface area contributed by atoms with E-state index in [1.54, 1.807) is 7.11 Å². The molecule has 0 bridgehead atoms. The molecule has 16 heavy (non-hydrogen) atoms. The average Bonchev–Trinajstić information content (AvgIpc) is 2.17. The van der Waals surface area contributed by atoms with Crippen LogP contribution in [-0.2, 0) is 23.8 Å².